The van der Waals surface area contributed by atoms with E-state index in [1.165, 1.54) is 32.1 Å². The molecule has 26 heavy (non-hydrogen) atoms. The summed E-state index contributed by atoms with van der Waals surface area (Å²) >= 11 is 0. The van der Waals surface area contributed by atoms with Gasteiger partial charge in [0.05, 0.1) is 0 Å². The molecule has 0 atom stereocenters. The van der Waals surface area contributed by atoms with Crippen molar-refractivity contribution < 1.29 is 0 Å². The number of aromatic nitrogens is 2. The molecule has 0 aromatic carbocycles. The maximum Gasteiger partial charge on any atom is 0.225 e. The molecule has 7 nitrogen and oxygen atoms in total. The fraction of sp³-hybridized carbons (Fsp3) is 0.737. The molecule has 2 aliphatic rings. The van der Waals surface area contributed by atoms with Gasteiger partial charge in [0.1, 0.15) is 0 Å². The number of rotatable bonds is 6. The first-order chi connectivity index (χ1) is 12.8. The Morgan fingerprint density at radius 3 is 2.54 bits per heavy atom. The van der Waals surface area contributed by atoms with E-state index < -0.39 is 0 Å². The van der Waals surface area contributed by atoms with E-state index in [0.29, 0.717) is 6.04 Å². The summed E-state index contributed by atoms with van der Waals surface area (Å²) in [4.78, 5) is 17.9. The predicted octanol–water partition coefficient (Wildman–Crippen LogP) is 1.49. The first kappa shape index (κ1) is 18.9. The Bertz CT molecular complexity index is 534. The fourth-order valence-corrected chi connectivity index (χ4v) is 3.77. The highest BCUT2D eigenvalue weighted by Gasteiger charge is 2.18. The van der Waals surface area contributed by atoms with Crippen molar-refractivity contribution in [2.75, 3.05) is 51.2 Å². The second kappa shape index (κ2) is 10.3. The zero-order valence-corrected chi connectivity index (χ0v) is 16.0. The normalized spacial score (nSPS) is 20.2. The average Bonchev–Trinajstić information content (AvgIpc) is 2.72. The summed E-state index contributed by atoms with van der Waals surface area (Å²) in [5.41, 5.74) is 0. The van der Waals surface area contributed by atoms with Crippen LogP contribution in [0.5, 0.6) is 0 Å². The Hall–Kier alpha value is -1.89. The van der Waals surface area contributed by atoms with Crippen molar-refractivity contribution in [2.45, 2.75) is 44.6 Å². The SMILES string of the molecule is CN=C(NCCCN1CCN(c2ncccn2)CC1)NC1CCCCC1. The molecule has 0 unspecified atom stereocenters. The van der Waals surface area contributed by atoms with E-state index in [2.05, 4.69) is 35.4 Å². The number of nitrogens with zero attached hydrogens (tertiary/aromatic N) is 5. The number of hydrogen-bond donors (Lipinski definition) is 2. The second-order valence-electron chi connectivity index (χ2n) is 7.21. The molecule has 2 heterocycles. The summed E-state index contributed by atoms with van der Waals surface area (Å²) in [6, 6.07) is 2.47. The Labute approximate surface area is 157 Å². The summed E-state index contributed by atoms with van der Waals surface area (Å²) in [6.45, 7) is 6.25. The summed E-state index contributed by atoms with van der Waals surface area (Å²) in [6.07, 6.45) is 11.4. The Morgan fingerprint density at radius 1 is 1.12 bits per heavy atom. The highest BCUT2D eigenvalue weighted by molar-refractivity contribution is 5.79. The van der Waals surface area contributed by atoms with E-state index >= 15 is 0 Å². The number of hydrogen-bond acceptors (Lipinski definition) is 5. The summed E-state index contributed by atoms with van der Waals surface area (Å²) in [5, 5.41) is 7.05. The van der Waals surface area contributed by atoms with Gasteiger partial charge >= 0.3 is 0 Å². The monoisotopic (exact) mass is 359 g/mol. The molecule has 2 N–H and O–H groups in total. The predicted molar refractivity (Wildman–Crippen MR) is 107 cm³/mol. The second-order valence-corrected chi connectivity index (χ2v) is 7.21. The molecule has 1 aromatic heterocycles. The Kier molecular flexibility index (Phi) is 7.49. The van der Waals surface area contributed by atoms with Gasteiger partial charge < -0.3 is 15.5 Å². The highest BCUT2D eigenvalue weighted by atomic mass is 15.3. The zero-order valence-electron chi connectivity index (χ0n) is 16.0. The minimum absolute atomic E-state index is 0.600. The lowest BCUT2D eigenvalue weighted by atomic mass is 9.96. The topological polar surface area (TPSA) is 68.7 Å². The molecule has 1 aliphatic carbocycles. The first-order valence-electron chi connectivity index (χ1n) is 10.1. The van der Waals surface area contributed by atoms with Gasteiger partial charge in [0.2, 0.25) is 5.95 Å². The standard InChI is InChI=1S/C19H33N7/c1-20-18(24-17-7-3-2-4-8-17)21-11-6-12-25-13-15-26(16-14-25)19-22-9-5-10-23-19/h5,9-10,17H,2-4,6-8,11-16H2,1H3,(H2,20,21,24). The minimum Gasteiger partial charge on any atom is -0.356 e. The zero-order chi connectivity index (χ0) is 18.0. The number of anilines is 1. The lowest BCUT2D eigenvalue weighted by molar-refractivity contribution is 0.254. The van der Waals surface area contributed by atoms with Gasteiger partial charge in [-0.3, -0.25) is 9.89 Å². The number of nitrogens with one attached hydrogen (secondary N) is 2. The van der Waals surface area contributed by atoms with Gasteiger partial charge in [0, 0.05) is 58.2 Å². The van der Waals surface area contributed by atoms with Gasteiger partial charge in [0.15, 0.2) is 5.96 Å². The van der Waals surface area contributed by atoms with Gasteiger partial charge in [0.25, 0.3) is 0 Å². The van der Waals surface area contributed by atoms with Crippen LogP contribution in [0.2, 0.25) is 0 Å². The third-order valence-corrected chi connectivity index (χ3v) is 5.32. The van der Waals surface area contributed by atoms with E-state index in [1.807, 2.05) is 25.5 Å². The molecule has 1 saturated heterocycles. The van der Waals surface area contributed by atoms with Gasteiger partial charge in [-0.2, -0.15) is 0 Å². The number of guanidine groups is 1. The van der Waals surface area contributed by atoms with Gasteiger partial charge in [-0.15, -0.1) is 0 Å². The smallest absolute Gasteiger partial charge is 0.225 e. The minimum atomic E-state index is 0.600. The summed E-state index contributed by atoms with van der Waals surface area (Å²) in [5.74, 6) is 1.81. The summed E-state index contributed by atoms with van der Waals surface area (Å²) in [7, 11) is 1.86. The molecule has 7 heteroatoms. The third-order valence-electron chi connectivity index (χ3n) is 5.32. The number of aliphatic imine (C=N–C) groups is 1. The van der Waals surface area contributed by atoms with Crippen molar-refractivity contribution in [3.63, 3.8) is 0 Å². The van der Waals surface area contributed by atoms with Gasteiger partial charge in [-0.1, -0.05) is 19.3 Å². The van der Waals surface area contributed by atoms with Crippen molar-refractivity contribution in [2.24, 2.45) is 4.99 Å². The van der Waals surface area contributed by atoms with Crippen molar-refractivity contribution in [3.05, 3.63) is 18.5 Å². The molecule has 0 bridgehead atoms. The molecule has 1 saturated carbocycles. The maximum absolute atomic E-state index is 4.37. The maximum atomic E-state index is 4.37. The molecule has 0 spiro atoms. The fourth-order valence-electron chi connectivity index (χ4n) is 3.77. The van der Waals surface area contributed by atoms with E-state index in [4.69, 9.17) is 0 Å². The van der Waals surface area contributed by atoms with Crippen LogP contribution in [0.15, 0.2) is 23.5 Å². The van der Waals surface area contributed by atoms with E-state index in [9.17, 15) is 0 Å². The average molecular weight is 360 g/mol. The molecule has 1 aliphatic heterocycles. The van der Waals surface area contributed by atoms with Crippen LogP contribution in [-0.2, 0) is 0 Å². The quantitative estimate of drug-likeness (QED) is 0.456. The van der Waals surface area contributed by atoms with Gasteiger partial charge in [-0.05, 0) is 31.9 Å². The lowest BCUT2D eigenvalue weighted by Crippen LogP contribution is -2.48. The Balaban J connectivity index is 1.29. The Morgan fingerprint density at radius 2 is 1.85 bits per heavy atom. The van der Waals surface area contributed by atoms with Crippen molar-refractivity contribution in [3.8, 4) is 0 Å². The van der Waals surface area contributed by atoms with Crippen molar-refractivity contribution in [1.29, 1.82) is 0 Å². The van der Waals surface area contributed by atoms with Crippen LogP contribution in [0.1, 0.15) is 38.5 Å². The molecule has 0 amide bonds. The lowest BCUT2D eigenvalue weighted by Gasteiger charge is -2.34. The van der Waals surface area contributed by atoms with E-state index in [-0.39, 0.29) is 0 Å². The molecular weight excluding hydrogens is 326 g/mol. The van der Waals surface area contributed by atoms with Crippen molar-refractivity contribution >= 4 is 11.9 Å². The van der Waals surface area contributed by atoms with Crippen LogP contribution >= 0.6 is 0 Å². The van der Waals surface area contributed by atoms with Crippen LogP contribution in [0.4, 0.5) is 5.95 Å². The number of piperazine rings is 1. The van der Waals surface area contributed by atoms with Crippen LogP contribution < -0.4 is 15.5 Å². The van der Waals surface area contributed by atoms with Crippen molar-refractivity contribution in [1.82, 2.24) is 25.5 Å². The van der Waals surface area contributed by atoms with E-state index in [1.54, 1.807) is 0 Å². The first-order valence-corrected chi connectivity index (χ1v) is 10.1. The van der Waals surface area contributed by atoms with Crippen LogP contribution in [0.25, 0.3) is 0 Å². The molecule has 144 valence electrons. The highest BCUT2D eigenvalue weighted by Crippen LogP contribution is 2.17. The van der Waals surface area contributed by atoms with Crippen LogP contribution in [0.3, 0.4) is 0 Å². The molecule has 2 fully saturated rings. The van der Waals surface area contributed by atoms with Gasteiger partial charge in [-0.25, -0.2) is 9.97 Å². The van der Waals surface area contributed by atoms with E-state index in [0.717, 1.165) is 57.6 Å². The van der Waals surface area contributed by atoms with Crippen LogP contribution in [0, 0.1) is 0 Å². The largest absolute Gasteiger partial charge is 0.356 e. The third kappa shape index (κ3) is 5.83. The van der Waals surface area contributed by atoms with Crippen LogP contribution in [-0.4, -0.2) is 73.2 Å². The summed E-state index contributed by atoms with van der Waals surface area (Å²) < 4.78 is 0. The molecule has 1 aromatic rings. The molecular formula is C19H33N7. The molecule has 3 rings (SSSR count). The molecule has 0 radical (unpaired) electrons.